The average molecular weight is 286 g/mol. The first kappa shape index (κ1) is 13.1. The molecule has 0 aliphatic carbocycles. The fraction of sp³-hybridized carbons (Fsp3) is 0. The van der Waals surface area contributed by atoms with E-state index in [-0.39, 0.29) is 0 Å². The standard InChI is InChI=1S/C18H10N2S/c19-11-13-1-3-14(4-2-13)15-5-7-16(8-6-15)18-10-9-17(12-20)21-18/h1-10H. The maximum atomic E-state index is 8.87. The highest BCUT2D eigenvalue weighted by Crippen LogP contribution is 2.29. The number of nitriles is 2. The monoisotopic (exact) mass is 286 g/mol. The van der Waals surface area contributed by atoms with E-state index in [9.17, 15) is 0 Å². The van der Waals surface area contributed by atoms with Crippen molar-refractivity contribution >= 4 is 11.3 Å². The molecule has 1 heterocycles. The molecular weight excluding hydrogens is 276 g/mol. The zero-order valence-electron chi connectivity index (χ0n) is 11.1. The Morgan fingerprint density at radius 2 is 1.19 bits per heavy atom. The minimum atomic E-state index is 0.665. The molecule has 0 N–H and O–H groups in total. The molecule has 98 valence electrons. The number of benzene rings is 2. The van der Waals surface area contributed by atoms with E-state index in [0.29, 0.717) is 5.56 Å². The molecule has 0 bridgehead atoms. The molecule has 0 amide bonds. The van der Waals surface area contributed by atoms with Crippen molar-refractivity contribution in [3.8, 4) is 33.7 Å². The molecule has 2 aromatic carbocycles. The number of hydrogen-bond acceptors (Lipinski definition) is 3. The minimum Gasteiger partial charge on any atom is -0.192 e. The van der Waals surface area contributed by atoms with E-state index in [2.05, 4.69) is 36.4 Å². The molecular formula is C18H10N2S. The van der Waals surface area contributed by atoms with Crippen molar-refractivity contribution in [2.24, 2.45) is 0 Å². The number of nitrogens with zero attached hydrogens (tertiary/aromatic N) is 2. The molecule has 3 heteroatoms. The van der Waals surface area contributed by atoms with Gasteiger partial charge in [-0.05, 0) is 41.0 Å². The summed E-state index contributed by atoms with van der Waals surface area (Å²) in [6.07, 6.45) is 0. The molecule has 0 aliphatic heterocycles. The van der Waals surface area contributed by atoms with Gasteiger partial charge < -0.3 is 0 Å². The van der Waals surface area contributed by atoms with Crippen molar-refractivity contribution in [3.63, 3.8) is 0 Å². The summed E-state index contributed by atoms with van der Waals surface area (Å²) in [7, 11) is 0. The molecule has 0 saturated heterocycles. The summed E-state index contributed by atoms with van der Waals surface area (Å²) in [5.41, 5.74) is 3.97. The molecule has 0 saturated carbocycles. The van der Waals surface area contributed by atoms with Gasteiger partial charge in [-0.2, -0.15) is 10.5 Å². The normalized spacial score (nSPS) is 9.81. The molecule has 0 aliphatic rings. The third-order valence-electron chi connectivity index (χ3n) is 3.23. The van der Waals surface area contributed by atoms with Crippen LogP contribution in [0.1, 0.15) is 10.4 Å². The van der Waals surface area contributed by atoms with E-state index in [1.54, 1.807) is 0 Å². The molecule has 3 rings (SSSR count). The highest BCUT2D eigenvalue weighted by Gasteiger charge is 2.03. The smallest absolute Gasteiger partial charge is 0.110 e. The van der Waals surface area contributed by atoms with Crippen molar-refractivity contribution in [2.45, 2.75) is 0 Å². The largest absolute Gasteiger partial charge is 0.192 e. The van der Waals surface area contributed by atoms with Gasteiger partial charge in [0.2, 0.25) is 0 Å². The van der Waals surface area contributed by atoms with Crippen LogP contribution in [0.5, 0.6) is 0 Å². The summed E-state index contributed by atoms with van der Waals surface area (Å²) >= 11 is 1.50. The Kier molecular flexibility index (Phi) is 3.51. The van der Waals surface area contributed by atoms with Crippen LogP contribution in [0.2, 0.25) is 0 Å². The predicted octanol–water partition coefficient (Wildman–Crippen LogP) is 4.83. The van der Waals surface area contributed by atoms with Gasteiger partial charge in [0.15, 0.2) is 0 Å². The summed E-state index contributed by atoms with van der Waals surface area (Å²) in [5.74, 6) is 0. The number of rotatable bonds is 2. The number of thiophene rings is 1. The SMILES string of the molecule is N#Cc1ccc(-c2ccc(-c3ccc(C#N)s3)cc2)cc1. The van der Waals surface area contributed by atoms with Gasteiger partial charge in [0.25, 0.3) is 0 Å². The van der Waals surface area contributed by atoms with Crippen LogP contribution in [0.25, 0.3) is 21.6 Å². The minimum absolute atomic E-state index is 0.665. The van der Waals surface area contributed by atoms with E-state index in [1.807, 2.05) is 36.4 Å². The molecule has 0 atom stereocenters. The molecule has 3 aromatic rings. The molecule has 0 fully saturated rings. The van der Waals surface area contributed by atoms with Gasteiger partial charge in [0.1, 0.15) is 10.9 Å². The second-order valence-corrected chi connectivity index (χ2v) is 5.63. The van der Waals surface area contributed by atoms with Crippen LogP contribution in [0.15, 0.2) is 60.7 Å². The Bertz CT molecular complexity index is 844. The van der Waals surface area contributed by atoms with Crippen LogP contribution >= 0.6 is 11.3 Å². The lowest BCUT2D eigenvalue weighted by Crippen LogP contribution is -1.79. The molecule has 0 radical (unpaired) electrons. The molecule has 21 heavy (non-hydrogen) atoms. The molecule has 1 aromatic heterocycles. The maximum absolute atomic E-state index is 8.87. The predicted molar refractivity (Wildman–Crippen MR) is 84.6 cm³/mol. The van der Waals surface area contributed by atoms with Crippen molar-refractivity contribution in [1.29, 1.82) is 10.5 Å². The van der Waals surface area contributed by atoms with Crippen LogP contribution in [0.4, 0.5) is 0 Å². The van der Waals surface area contributed by atoms with Crippen LogP contribution in [-0.2, 0) is 0 Å². The van der Waals surface area contributed by atoms with Gasteiger partial charge in [-0.15, -0.1) is 11.3 Å². The van der Waals surface area contributed by atoms with Crippen molar-refractivity contribution in [3.05, 3.63) is 71.1 Å². The zero-order valence-corrected chi connectivity index (χ0v) is 11.9. The Morgan fingerprint density at radius 3 is 1.71 bits per heavy atom. The van der Waals surface area contributed by atoms with Gasteiger partial charge in [-0.3, -0.25) is 0 Å². The third kappa shape index (κ3) is 2.69. The van der Waals surface area contributed by atoms with Gasteiger partial charge >= 0.3 is 0 Å². The van der Waals surface area contributed by atoms with E-state index >= 15 is 0 Å². The lowest BCUT2D eigenvalue weighted by molar-refractivity contribution is 1.48. The fourth-order valence-electron chi connectivity index (χ4n) is 2.12. The fourth-order valence-corrected chi connectivity index (χ4v) is 2.93. The van der Waals surface area contributed by atoms with E-state index in [1.165, 1.54) is 11.3 Å². The Labute approximate surface area is 127 Å². The van der Waals surface area contributed by atoms with Crippen LogP contribution < -0.4 is 0 Å². The van der Waals surface area contributed by atoms with Gasteiger partial charge in [-0.25, -0.2) is 0 Å². The summed E-state index contributed by atoms with van der Waals surface area (Å²) in [6.45, 7) is 0. The lowest BCUT2D eigenvalue weighted by Gasteiger charge is -2.03. The Hall–Kier alpha value is -2.88. The van der Waals surface area contributed by atoms with Crippen molar-refractivity contribution in [1.82, 2.24) is 0 Å². The van der Waals surface area contributed by atoms with Crippen LogP contribution in [0, 0.1) is 22.7 Å². The third-order valence-corrected chi connectivity index (χ3v) is 4.27. The molecule has 2 nitrogen and oxygen atoms in total. The summed E-state index contributed by atoms with van der Waals surface area (Å²) in [4.78, 5) is 1.82. The van der Waals surface area contributed by atoms with Crippen LogP contribution in [0.3, 0.4) is 0 Å². The summed E-state index contributed by atoms with van der Waals surface area (Å²) < 4.78 is 0. The molecule has 0 unspecified atom stereocenters. The molecule has 0 spiro atoms. The van der Waals surface area contributed by atoms with E-state index < -0.39 is 0 Å². The quantitative estimate of drug-likeness (QED) is 0.677. The van der Waals surface area contributed by atoms with Gasteiger partial charge in [0.05, 0.1) is 11.6 Å². The van der Waals surface area contributed by atoms with Crippen molar-refractivity contribution in [2.75, 3.05) is 0 Å². The zero-order chi connectivity index (χ0) is 14.7. The van der Waals surface area contributed by atoms with Crippen molar-refractivity contribution < 1.29 is 0 Å². The van der Waals surface area contributed by atoms with Gasteiger partial charge in [0, 0.05) is 4.88 Å². The Morgan fingerprint density at radius 1 is 0.619 bits per heavy atom. The second kappa shape index (κ2) is 5.63. The topological polar surface area (TPSA) is 47.6 Å². The van der Waals surface area contributed by atoms with Gasteiger partial charge in [-0.1, -0.05) is 36.4 Å². The van der Waals surface area contributed by atoms with E-state index in [4.69, 9.17) is 10.5 Å². The second-order valence-electron chi connectivity index (χ2n) is 4.54. The summed E-state index contributed by atoms with van der Waals surface area (Å²) in [6, 6.07) is 23.9. The first-order valence-corrected chi connectivity index (χ1v) is 7.23. The lowest BCUT2D eigenvalue weighted by atomic mass is 10.0. The Balaban J connectivity index is 1.90. The first-order valence-electron chi connectivity index (χ1n) is 6.41. The first-order chi connectivity index (χ1) is 10.3. The average Bonchev–Trinajstić information content (AvgIpc) is 3.04. The maximum Gasteiger partial charge on any atom is 0.110 e. The highest BCUT2D eigenvalue weighted by molar-refractivity contribution is 7.16. The van der Waals surface area contributed by atoms with E-state index in [0.717, 1.165) is 26.4 Å². The summed E-state index contributed by atoms with van der Waals surface area (Å²) in [5, 5.41) is 17.7. The highest BCUT2D eigenvalue weighted by atomic mass is 32.1. The number of hydrogen-bond donors (Lipinski definition) is 0. The van der Waals surface area contributed by atoms with Crippen LogP contribution in [-0.4, -0.2) is 0 Å².